The number of likely N-dealkylation sites (N-methyl/N-ethyl adjacent to an activating group) is 1. The minimum absolute atomic E-state index is 0.506. The third-order valence-corrected chi connectivity index (χ3v) is 4.13. The molecule has 4 nitrogen and oxygen atoms in total. The fourth-order valence-electron chi connectivity index (χ4n) is 3.16. The topological polar surface area (TPSA) is 31.4 Å². The van der Waals surface area contributed by atoms with Crippen LogP contribution in [0.25, 0.3) is 0 Å². The lowest BCUT2D eigenvalue weighted by Gasteiger charge is -2.31. The number of hydrogen-bond donors (Lipinski definition) is 1. The van der Waals surface area contributed by atoms with E-state index in [1.807, 2.05) is 7.05 Å². The van der Waals surface area contributed by atoms with Crippen molar-refractivity contribution in [2.75, 3.05) is 38.6 Å². The third-order valence-electron chi connectivity index (χ3n) is 4.13. The van der Waals surface area contributed by atoms with Crippen molar-refractivity contribution in [2.24, 2.45) is 0 Å². The molecule has 0 bridgehead atoms. The molecule has 20 heavy (non-hydrogen) atoms. The van der Waals surface area contributed by atoms with Gasteiger partial charge in [-0.2, -0.15) is 0 Å². The van der Waals surface area contributed by atoms with Crippen LogP contribution >= 0.6 is 0 Å². The van der Waals surface area contributed by atoms with Crippen molar-refractivity contribution in [3.05, 3.63) is 22.9 Å². The summed E-state index contributed by atoms with van der Waals surface area (Å²) in [5.41, 5.74) is 3.79. The monoisotopic (exact) mass is 276 g/mol. The molecule has 1 aliphatic heterocycles. The van der Waals surface area contributed by atoms with E-state index in [-0.39, 0.29) is 0 Å². The van der Waals surface area contributed by atoms with Crippen LogP contribution in [-0.2, 0) is 6.54 Å². The predicted molar refractivity (Wildman–Crippen MR) is 85.4 cm³/mol. The van der Waals surface area contributed by atoms with Gasteiger partial charge in [0.25, 0.3) is 0 Å². The number of hydrogen-bond acceptors (Lipinski definition) is 4. The van der Waals surface area contributed by atoms with E-state index in [4.69, 9.17) is 4.98 Å². The van der Waals surface area contributed by atoms with E-state index in [2.05, 4.69) is 49.0 Å². The molecule has 2 rings (SSSR count). The first-order valence-electron chi connectivity index (χ1n) is 7.59. The van der Waals surface area contributed by atoms with Gasteiger partial charge >= 0.3 is 0 Å². The Bertz CT molecular complexity index is 458. The number of nitrogens with zero attached hydrogens (tertiary/aromatic N) is 3. The summed E-state index contributed by atoms with van der Waals surface area (Å²) in [7, 11) is 4.21. The molecule has 1 aromatic heterocycles. The van der Waals surface area contributed by atoms with Gasteiger partial charge in [-0.25, -0.2) is 4.98 Å². The van der Waals surface area contributed by atoms with Crippen molar-refractivity contribution in [3.63, 3.8) is 0 Å². The van der Waals surface area contributed by atoms with Gasteiger partial charge in [-0.05, 0) is 59.5 Å². The maximum absolute atomic E-state index is 4.86. The number of aryl methyl sites for hydroxylation is 2. The molecule has 1 fully saturated rings. The molecule has 1 unspecified atom stereocenters. The van der Waals surface area contributed by atoms with Gasteiger partial charge in [-0.15, -0.1) is 0 Å². The van der Waals surface area contributed by atoms with E-state index >= 15 is 0 Å². The molecule has 0 aliphatic carbocycles. The lowest BCUT2D eigenvalue weighted by Crippen LogP contribution is -2.39. The summed E-state index contributed by atoms with van der Waals surface area (Å²) in [6.07, 6.45) is 1.20. The van der Waals surface area contributed by atoms with Crippen LogP contribution in [0.2, 0.25) is 0 Å². The number of anilines is 1. The summed E-state index contributed by atoms with van der Waals surface area (Å²) in [5.74, 6) is 1.18. The highest BCUT2D eigenvalue weighted by Gasteiger charge is 2.23. The van der Waals surface area contributed by atoms with Gasteiger partial charge in [0.15, 0.2) is 0 Å². The molecule has 2 heterocycles. The number of pyridine rings is 1. The first-order chi connectivity index (χ1) is 9.52. The van der Waals surface area contributed by atoms with Crippen molar-refractivity contribution < 1.29 is 0 Å². The zero-order valence-corrected chi connectivity index (χ0v) is 13.5. The first-order valence-corrected chi connectivity index (χ1v) is 7.59. The maximum Gasteiger partial charge on any atom is 0.133 e. The van der Waals surface area contributed by atoms with Crippen LogP contribution in [-0.4, -0.2) is 49.7 Å². The van der Waals surface area contributed by atoms with E-state index in [1.165, 1.54) is 29.9 Å². The standard InChI is InChI=1S/C16H28N4/c1-12-9-13(2)18-16(15(12)10-17-4)20-8-6-7-19(5)11-14(20)3/h9,14,17H,6-8,10-11H2,1-5H3. The zero-order valence-electron chi connectivity index (χ0n) is 13.5. The summed E-state index contributed by atoms with van der Waals surface area (Å²) < 4.78 is 0. The Balaban J connectivity index is 2.39. The fourth-order valence-corrected chi connectivity index (χ4v) is 3.16. The van der Waals surface area contributed by atoms with Crippen molar-refractivity contribution in [1.29, 1.82) is 0 Å². The Morgan fingerprint density at radius 3 is 2.80 bits per heavy atom. The molecule has 0 radical (unpaired) electrons. The predicted octanol–water partition coefficient (Wildman–Crippen LogP) is 1.95. The summed E-state index contributed by atoms with van der Waals surface area (Å²) in [6.45, 7) is 10.9. The largest absolute Gasteiger partial charge is 0.352 e. The highest BCUT2D eigenvalue weighted by molar-refractivity contribution is 5.52. The minimum atomic E-state index is 0.506. The normalized spacial score (nSPS) is 21.1. The average molecular weight is 276 g/mol. The summed E-state index contributed by atoms with van der Waals surface area (Å²) in [4.78, 5) is 9.78. The molecular weight excluding hydrogens is 248 g/mol. The molecule has 4 heteroatoms. The molecule has 1 aliphatic rings. The molecule has 0 saturated carbocycles. The Morgan fingerprint density at radius 1 is 1.35 bits per heavy atom. The van der Waals surface area contributed by atoms with Crippen molar-refractivity contribution in [2.45, 2.75) is 39.8 Å². The number of rotatable bonds is 3. The van der Waals surface area contributed by atoms with Gasteiger partial charge in [-0.3, -0.25) is 0 Å². The summed E-state index contributed by atoms with van der Waals surface area (Å²) in [6, 6.07) is 2.69. The second kappa shape index (κ2) is 6.55. The second-order valence-electron chi connectivity index (χ2n) is 6.07. The van der Waals surface area contributed by atoms with Crippen LogP contribution in [0.1, 0.15) is 30.2 Å². The van der Waals surface area contributed by atoms with Gasteiger partial charge in [0.05, 0.1) is 0 Å². The van der Waals surface area contributed by atoms with Crippen LogP contribution in [0.5, 0.6) is 0 Å². The number of nitrogens with one attached hydrogen (secondary N) is 1. The Hall–Kier alpha value is -1.13. The Kier molecular flexibility index (Phi) is 5.00. The Morgan fingerprint density at radius 2 is 2.10 bits per heavy atom. The zero-order chi connectivity index (χ0) is 14.7. The molecule has 1 saturated heterocycles. The van der Waals surface area contributed by atoms with Crippen molar-refractivity contribution >= 4 is 5.82 Å². The first kappa shape index (κ1) is 15.3. The smallest absolute Gasteiger partial charge is 0.133 e. The molecular formula is C16H28N4. The minimum Gasteiger partial charge on any atom is -0.352 e. The van der Waals surface area contributed by atoms with Gasteiger partial charge in [0, 0.05) is 36.9 Å². The average Bonchev–Trinajstić information content (AvgIpc) is 2.53. The van der Waals surface area contributed by atoms with Crippen molar-refractivity contribution in [1.82, 2.24) is 15.2 Å². The highest BCUT2D eigenvalue weighted by Crippen LogP contribution is 2.26. The fraction of sp³-hybridized carbons (Fsp3) is 0.688. The van der Waals surface area contributed by atoms with E-state index in [0.717, 1.165) is 25.3 Å². The van der Waals surface area contributed by atoms with Crippen LogP contribution in [0.15, 0.2) is 6.07 Å². The van der Waals surface area contributed by atoms with Gasteiger partial charge < -0.3 is 15.1 Å². The SMILES string of the molecule is CNCc1c(C)cc(C)nc1N1CCCN(C)CC1C. The molecule has 112 valence electrons. The molecule has 0 amide bonds. The molecule has 0 spiro atoms. The summed E-state index contributed by atoms with van der Waals surface area (Å²) in [5, 5.41) is 3.29. The van der Waals surface area contributed by atoms with Crippen molar-refractivity contribution in [3.8, 4) is 0 Å². The second-order valence-corrected chi connectivity index (χ2v) is 6.07. The van der Waals surface area contributed by atoms with Crippen LogP contribution < -0.4 is 10.2 Å². The lowest BCUT2D eigenvalue weighted by atomic mass is 10.1. The molecule has 0 aromatic carbocycles. The van der Waals surface area contributed by atoms with Gasteiger partial charge in [0.1, 0.15) is 5.82 Å². The van der Waals surface area contributed by atoms with Crippen LogP contribution in [0, 0.1) is 13.8 Å². The lowest BCUT2D eigenvalue weighted by molar-refractivity contribution is 0.337. The van der Waals surface area contributed by atoms with Crippen LogP contribution in [0.4, 0.5) is 5.82 Å². The molecule has 1 atom stereocenters. The molecule has 1 aromatic rings. The summed E-state index contributed by atoms with van der Waals surface area (Å²) >= 11 is 0. The number of aromatic nitrogens is 1. The van der Waals surface area contributed by atoms with E-state index in [0.29, 0.717) is 6.04 Å². The molecule has 1 N–H and O–H groups in total. The highest BCUT2D eigenvalue weighted by atomic mass is 15.3. The van der Waals surface area contributed by atoms with Gasteiger partial charge in [-0.1, -0.05) is 0 Å². The van der Waals surface area contributed by atoms with E-state index in [9.17, 15) is 0 Å². The van der Waals surface area contributed by atoms with E-state index < -0.39 is 0 Å². The van der Waals surface area contributed by atoms with Gasteiger partial charge in [0.2, 0.25) is 0 Å². The quantitative estimate of drug-likeness (QED) is 0.914. The Labute approximate surface area is 123 Å². The van der Waals surface area contributed by atoms with Crippen LogP contribution in [0.3, 0.4) is 0 Å². The third kappa shape index (κ3) is 3.30. The maximum atomic E-state index is 4.86. The van der Waals surface area contributed by atoms with E-state index in [1.54, 1.807) is 0 Å².